The smallest absolute Gasteiger partial charge is 0.0474 e. The lowest BCUT2D eigenvalue weighted by Crippen LogP contribution is -2.44. The first kappa shape index (κ1) is 15.5. The monoisotopic (exact) mass is 276 g/mol. The molecule has 1 saturated carbocycles. The van der Waals surface area contributed by atoms with Crippen LogP contribution in [-0.2, 0) is 0 Å². The van der Waals surface area contributed by atoms with Gasteiger partial charge in [0.15, 0.2) is 0 Å². The Morgan fingerprint density at radius 3 is 2.45 bits per heavy atom. The molecule has 1 aromatic carbocycles. The summed E-state index contributed by atoms with van der Waals surface area (Å²) in [5.41, 5.74) is 9.82. The summed E-state index contributed by atoms with van der Waals surface area (Å²) in [6.07, 6.45) is 4.75. The average molecular weight is 276 g/mol. The molecule has 0 radical (unpaired) electrons. The van der Waals surface area contributed by atoms with Gasteiger partial charge in [-0.3, -0.25) is 0 Å². The van der Waals surface area contributed by atoms with Gasteiger partial charge in [0.1, 0.15) is 0 Å². The highest BCUT2D eigenvalue weighted by molar-refractivity contribution is 5.31. The number of hydrogen-bond acceptors (Lipinski definition) is 3. The van der Waals surface area contributed by atoms with E-state index in [1.165, 1.54) is 29.5 Å². The summed E-state index contributed by atoms with van der Waals surface area (Å²) in [4.78, 5) is 0. The topological polar surface area (TPSA) is 58.3 Å². The van der Waals surface area contributed by atoms with Gasteiger partial charge in [-0.25, -0.2) is 0 Å². The van der Waals surface area contributed by atoms with Crippen molar-refractivity contribution in [2.24, 2.45) is 11.7 Å². The van der Waals surface area contributed by atoms with Crippen molar-refractivity contribution in [1.29, 1.82) is 0 Å². The number of nitrogens with one attached hydrogen (secondary N) is 1. The van der Waals surface area contributed by atoms with Crippen LogP contribution in [0.25, 0.3) is 0 Å². The summed E-state index contributed by atoms with van der Waals surface area (Å²) >= 11 is 0. The van der Waals surface area contributed by atoms with Crippen molar-refractivity contribution in [3.8, 4) is 0 Å². The van der Waals surface area contributed by atoms with E-state index < -0.39 is 0 Å². The summed E-state index contributed by atoms with van der Waals surface area (Å²) in [6.45, 7) is 5.13. The van der Waals surface area contributed by atoms with Gasteiger partial charge in [-0.15, -0.1) is 0 Å². The normalized spacial score (nSPS) is 24.6. The van der Waals surface area contributed by atoms with E-state index in [2.05, 4.69) is 37.4 Å². The molecule has 1 aromatic rings. The van der Waals surface area contributed by atoms with Crippen LogP contribution in [0.2, 0.25) is 0 Å². The van der Waals surface area contributed by atoms with E-state index >= 15 is 0 Å². The van der Waals surface area contributed by atoms with Crippen LogP contribution in [0.4, 0.5) is 0 Å². The minimum Gasteiger partial charge on any atom is -0.396 e. The number of aliphatic hydroxyl groups excluding tert-OH is 1. The summed E-state index contributed by atoms with van der Waals surface area (Å²) in [7, 11) is 0. The fraction of sp³-hybridized carbons (Fsp3) is 0.647. The van der Waals surface area contributed by atoms with Crippen molar-refractivity contribution in [3.05, 3.63) is 34.9 Å². The summed E-state index contributed by atoms with van der Waals surface area (Å²) < 4.78 is 0. The number of aliphatic hydroxyl groups is 1. The molecule has 1 aliphatic carbocycles. The van der Waals surface area contributed by atoms with Gasteiger partial charge in [0, 0.05) is 25.2 Å². The highest BCUT2D eigenvalue weighted by atomic mass is 16.3. The highest BCUT2D eigenvalue weighted by Crippen LogP contribution is 2.26. The standard InChI is InChI=1S/C17H28N2O/c1-12-7-13(2)9-15(8-12)17(10-18)19-16-6-4-3-5-14(16)11-20/h7-9,14,16-17,19-20H,3-6,10-11,18H2,1-2H3. The second kappa shape index (κ2) is 7.21. The average Bonchev–Trinajstić information content (AvgIpc) is 2.44. The lowest BCUT2D eigenvalue weighted by Gasteiger charge is -2.34. The van der Waals surface area contributed by atoms with E-state index in [0.717, 1.165) is 12.8 Å². The third-order valence-corrected chi connectivity index (χ3v) is 4.44. The molecule has 3 atom stereocenters. The van der Waals surface area contributed by atoms with Crippen LogP contribution in [0.1, 0.15) is 48.4 Å². The van der Waals surface area contributed by atoms with Gasteiger partial charge in [0.05, 0.1) is 0 Å². The predicted octanol–water partition coefficient (Wildman–Crippen LogP) is 2.44. The molecule has 20 heavy (non-hydrogen) atoms. The number of hydrogen-bond donors (Lipinski definition) is 3. The largest absolute Gasteiger partial charge is 0.396 e. The van der Waals surface area contributed by atoms with E-state index in [9.17, 15) is 5.11 Å². The minimum atomic E-state index is 0.186. The molecule has 0 bridgehead atoms. The van der Waals surface area contributed by atoms with Crippen molar-refractivity contribution in [2.75, 3.05) is 13.2 Å². The minimum absolute atomic E-state index is 0.186. The molecular formula is C17H28N2O. The zero-order valence-electron chi connectivity index (χ0n) is 12.7. The van der Waals surface area contributed by atoms with Crippen LogP contribution in [-0.4, -0.2) is 24.3 Å². The van der Waals surface area contributed by atoms with E-state index in [0.29, 0.717) is 18.5 Å². The highest BCUT2D eigenvalue weighted by Gasteiger charge is 2.26. The Kier molecular flexibility index (Phi) is 5.58. The molecule has 1 aliphatic rings. The van der Waals surface area contributed by atoms with Crippen LogP contribution in [0.3, 0.4) is 0 Å². The molecule has 3 nitrogen and oxygen atoms in total. The number of nitrogens with two attached hydrogens (primary N) is 1. The molecule has 1 fully saturated rings. The lowest BCUT2D eigenvalue weighted by molar-refractivity contribution is 0.146. The van der Waals surface area contributed by atoms with Crippen LogP contribution >= 0.6 is 0 Å². The molecule has 0 saturated heterocycles. The SMILES string of the molecule is Cc1cc(C)cc(C(CN)NC2CCCCC2CO)c1. The maximum absolute atomic E-state index is 9.53. The van der Waals surface area contributed by atoms with E-state index in [-0.39, 0.29) is 12.6 Å². The fourth-order valence-corrected chi connectivity index (χ4v) is 3.42. The first-order valence-corrected chi connectivity index (χ1v) is 7.79. The van der Waals surface area contributed by atoms with Gasteiger partial charge >= 0.3 is 0 Å². The van der Waals surface area contributed by atoms with Gasteiger partial charge in [0.25, 0.3) is 0 Å². The fourth-order valence-electron chi connectivity index (χ4n) is 3.42. The molecule has 0 aromatic heterocycles. The Labute approximate surface area is 122 Å². The van der Waals surface area contributed by atoms with Gasteiger partial charge < -0.3 is 16.2 Å². The van der Waals surface area contributed by atoms with Crippen LogP contribution in [0, 0.1) is 19.8 Å². The third-order valence-electron chi connectivity index (χ3n) is 4.44. The Hall–Kier alpha value is -0.900. The first-order chi connectivity index (χ1) is 9.63. The maximum atomic E-state index is 9.53. The molecule has 0 heterocycles. The van der Waals surface area contributed by atoms with Crippen molar-refractivity contribution < 1.29 is 5.11 Å². The van der Waals surface area contributed by atoms with Crippen molar-refractivity contribution in [2.45, 2.75) is 51.6 Å². The Bertz CT molecular complexity index is 413. The van der Waals surface area contributed by atoms with Gasteiger partial charge in [-0.05, 0) is 38.2 Å². The molecular weight excluding hydrogens is 248 g/mol. The third kappa shape index (κ3) is 3.81. The Morgan fingerprint density at radius 1 is 1.20 bits per heavy atom. The van der Waals surface area contributed by atoms with E-state index in [1.807, 2.05) is 0 Å². The number of aryl methyl sites for hydroxylation is 2. The van der Waals surface area contributed by atoms with Crippen LogP contribution in [0.5, 0.6) is 0 Å². The maximum Gasteiger partial charge on any atom is 0.0474 e. The molecule has 0 spiro atoms. The molecule has 2 rings (SSSR count). The van der Waals surface area contributed by atoms with Gasteiger partial charge in [0.2, 0.25) is 0 Å². The molecule has 0 amide bonds. The zero-order chi connectivity index (χ0) is 14.5. The molecule has 3 unspecified atom stereocenters. The van der Waals surface area contributed by atoms with Crippen molar-refractivity contribution in [1.82, 2.24) is 5.32 Å². The predicted molar refractivity (Wildman–Crippen MR) is 83.7 cm³/mol. The van der Waals surface area contributed by atoms with Crippen LogP contribution in [0.15, 0.2) is 18.2 Å². The van der Waals surface area contributed by atoms with Gasteiger partial charge in [-0.1, -0.05) is 42.2 Å². The quantitative estimate of drug-likeness (QED) is 0.774. The summed E-state index contributed by atoms with van der Waals surface area (Å²) in [5.74, 6) is 0.378. The van der Waals surface area contributed by atoms with Crippen LogP contribution < -0.4 is 11.1 Å². The van der Waals surface area contributed by atoms with Crippen molar-refractivity contribution in [3.63, 3.8) is 0 Å². The summed E-state index contributed by atoms with van der Waals surface area (Å²) in [5, 5.41) is 13.2. The Morgan fingerprint density at radius 2 is 1.85 bits per heavy atom. The number of benzene rings is 1. The molecule has 3 heteroatoms. The number of rotatable bonds is 5. The van der Waals surface area contributed by atoms with E-state index in [4.69, 9.17) is 5.73 Å². The van der Waals surface area contributed by atoms with Crippen molar-refractivity contribution >= 4 is 0 Å². The molecule has 4 N–H and O–H groups in total. The molecule has 112 valence electrons. The molecule has 0 aliphatic heterocycles. The second-order valence-electron chi connectivity index (χ2n) is 6.21. The van der Waals surface area contributed by atoms with Gasteiger partial charge in [-0.2, -0.15) is 0 Å². The summed E-state index contributed by atoms with van der Waals surface area (Å²) in [6, 6.07) is 7.20. The van der Waals surface area contributed by atoms with E-state index in [1.54, 1.807) is 0 Å². The second-order valence-corrected chi connectivity index (χ2v) is 6.21. The Balaban J connectivity index is 2.11. The first-order valence-electron chi connectivity index (χ1n) is 7.79. The zero-order valence-corrected chi connectivity index (χ0v) is 12.7. The lowest BCUT2D eigenvalue weighted by atomic mass is 9.84.